The van der Waals surface area contributed by atoms with Gasteiger partial charge in [-0.2, -0.15) is 5.26 Å². The highest BCUT2D eigenvalue weighted by atomic mass is 16.3. The zero-order chi connectivity index (χ0) is 13.0. The van der Waals surface area contributed by atoms with Gasteiger partial charge in [-0.25, -0.2) is 0 Å². The second-order valence-electron chi connectivity index (χ2n) is 4.42. The lowest BCUT2D eigenvalue weighted by molar-refractivity contribution is 0.0220. The lowest BCUT2D eigenvalue weighted by Crippen LogP contribution is -2.19. The Kier molecular flexibility index (Phi) is 4.50. The highest BCUT2D eigenvalue weighted by Gasteiger charge is 2.20. The number of nitrogen functional groups attached to an aromatic ring is 1. The van der Waals surface area contributed by atoms with Gasteiger partial charge in [-0.05, 0) is 17.5 Å². The lowest BCUT2D eigenvalue weighted by Gasteiger charge is -2.19. The molecule has 0 aliphatic heterocycles. The first-order valence-electron chi connectivity index (χ1n) is 5.59. The first kappa shape index (κ1) is 13.5. The fourth-order valence-corrected chi connectivity index (χ4v) is 1.62. The number of hydrogen-bond acceptors (Lipinski definition) is 4. The third-order valence-electron chi connectivity index (χ3n) is 2.76. The van der Waals surface area contributed by atoms with Gasteiger partial charge >= 0.3 is 0 Å². The molecule has 1 rings (SSSR count). The predicted molar refractivity (Wildman–Crippen MR) is 66.1 cm³/mol. The summed E-state index contributed by atoms with van der Waals surface area (Å²) in [5.41, 5.74) is 7.72. The summed E-state index contributed by atoms with van der Waals surface area (Å²) < 4.78 is 0. The van der Waals surface area contributed by atoms with E-state index in [1.807, 2.05) is 26.0 Å². The van der Waals surface area contributed by atoms with E-state index in [2.05, 4.69) is 0 Å². The van der Waals surface area contributed by atoms with Crippen LogP contribution in [0.4, 0.5) is 5.69 Å². The van der Waals surface area contributed by atoms with Crippen LogP contribution in [0.1, 0.15) is 43.4 Å². The van der Waals surface area contributed by atoms with Gasteiger partial charge in [0.25, 0.3) is 0 Å². The molecule has 1 aromatic carbocycles. The normalized spacial score (nSPS) is 14.4. The number of rotatable bonds is 4. The molecular weight excluding hydrogens is 216 g/mol. The van der Waals surface area contributed by atoms with Gasteiger partial charge in [0.2, 0.25) is 0 Å². The van der Waals surface area contributed by atoms with Gasteiger partial charge in [0, 0.05) is 11.3 Å². The summed E-state index contributed by atoms with van der Waals surface area (Å²) in [6.45, 7) is 4.07. The third-order valence-corrected chi connectivity index (χ3v) is 2.76. The third kappa shape index (κ3) is 3.19. The number of hydrogen-bond donors (Lipinski definition) is 3. The Labute approximate surface area is 101 Å². The molecule has 0 aliphatic carbocycles. The van der Waals surface area contributed by atoms with Gasteiger partial charge < -0.3 is 15.9 Å². The molecule has 0 radical (unpaired) electrons. The van der Waals surface area contributed by atoms with Crippen molar-refractivity contribution in [1.82, 2.24) is 0 Å². The smallest absolute Gasteiger partial charge is 0.108 e. The van der Waals surface area contributed by atoms with E-state index in [0.717, 1.165) is 5.56 Å². The van der Waals surface area contributed by atoms with E-state index >= 15 is 0 Å². The fraction of sp³-hybridized carbons (Fsp3) is 0.462. The summed E-state index contributed by atoms with van der Waals surface area (Å²) >= 11 is 0. The fourth-order valence-electron chi connectivity index (χ4n) is 1.62. The van der Waals surface area contributed by atoms with Gasteiger partial charge in [-0.15, -0.1) is 0 Å². The molecule has 0 saturated carbocycles. The van der Waals surface area contributed by atoms with Crippen molar-refractivity contribution in [3.63, 3.8) is 0 Å². The summed E-state index contributed by atoms with van der Waals surface area (Å²) in [6.07, 6.45) is -2.34. The first-order chi connectivity index (χ1) is 7.97. The second kappa shape index (κ2) is 5.67. The molecule has 0 heterocycles. The largest absolute Gasteiger partial charge is 0.398 e. The van der Waals surface area contributed by atoms with Crippen LogP contribution < -0.4 is 5.73 Å². The molecular formula is C13H18N2O2. The van der Waals surface area contributed by atoms with E-state index in [1.54, 1.807) is 12.1 Å². The molecule has 0 aromatic heterocycles. The minimum absolute atomic E-state index is 0.119. The van der Waals surface area contributed by atoms with Gasteiger partial charge in [0.15, 0.2) is 0 Å². The van der Waals surface area contributed by atoms with Gasteiger partial charge in [-0.1, -0.05) is 26.0 Å². The molecule has 17 heavy (non-hydrogen) atoms. The van der Waals surface area contributed by atoms with Crippen molar-refractivity contribution in [2.75, 3.05) is 5.73 Å². The standard InChI is InChI=1S/C13H18N2O2/c1-8(2)9-3-4-11(15)10(7-9)13(17)12(16)5-6-14/h3-4,7-8,12-13,16-17H,5,15H2,1-2H3. The van der Waals surface area contributed by atoms with Crippen LogP contribution in [-0.2, 0) is 0 Å². The summed E-state index contributed by atoms with van der Waals surface area (Å²) in [6, 6.07) is 7.22. The number of aliphatic hydroxyl groups is 2. The SMILES string of the molecule is CC(C)c1ccc(N)c(C(O)C(O)CC#N)c1. The van der Waals surface area contributed by atoms with E-state index in [9.17, 15) is 10.2 Å². The molecule has 0 aliphatic rings. The Bertz CT molecular complexity index is 424. The zero-order valence-electron chi connectivity index (χ0n) is 10.1. The highest BCUT2D eigenvalue weighted by molar-refractivity contribution is 5.50. The van der Waals surface area contributed by atoms with E-state index in [4.69, 9.17) is 11.0 Å². The predicted octanol–water partition coefficient (Wildman–Crippen LogP) is 1.70. The van der Waals surface area contributed by atoms with Crippen LogP contribution in [0.3, 0.4) is 0 Å². The number of nitriles is 1. The van der Waals surface area contributed by atoms with E-state index in [1.165, 1.54) is 0 Å². The van der Waals surface area contributed by atoms with Crippen LogP contribution >= 0.6 is 0 Å². The molecule has 92 valence electrons. The Morgan fingerprint density at radius 3 is 2.53 bits per heavy atom. The number of nitrogens with two attached hydrogens (primary N) is 1. The molecule has 0 bridgehead atoms. The van der Waals surface area contributed by atoms with Crippen LogP contribution in [0.25, 0.3) is 0 Å². The Hall–Kier alpha value is -1.57. The second-order valence-corrected chi connectivity index (χ2v) is 4.42. The maximum Gasteiger partial charge on any atom is 0.108 e. The van der Waals surface area contributed by atoms with Crippen molar-refractivity contribution >= 4 is 5.69 Å². The average Bonchev–Trinajstić information content (AvgIpc) is 2.28. The number of nitrogens with zero attached hydrogens (tertiary/aromatic N) is 1. The van der Waals surface area contributed by atoms with Crippen LogP contribution in [0.2, 0.25) is 0 Å². The van der Waals surface area contributed by atoms with Crippen molar-refractivity contribution in [2.45, 2.75) is 38.4 Å². The first-order valence-corrected chi connectivity index (χ1v) is 5.59. The van der Waals surface area contributed by atoms with Crippen LogP contribution in [0.15, 0.2) is 18.2 Å². The van der Waals surface area contributed by atoms with Gasteiger partial charge in [0.1, 0.15) is 6.10 Å². The monoisotopic (exact) mass is 234 g/mol. The van der Waals surface area contributed by atoms with Crippen molar-refractivity contribution in [2.24, 2.45) is 0 Å². The highest BCUT2D eigenvalue weighted by Crippen LogP contribution is 2.28. The average molecular weight is 234 g/mol. The molecule has 4 heteroatoms. The maximum absolute atomic E-state index is 9.93. The molecule has 0 amide bonds. The summed E-state index contributed by atoms with van der Waals surface area (Å²) in [5, 5.41) is 28.0. The number of anilines is 1. The molecule has 0 saturated heterocycles. The van der Waals surface area contributed by atoms with E-state index in [0.29, 0.717) is 17.2 Å². The minimum atomic E-state index is -1.12. The minimum Gasteiger partial charge on any atom is -0.398 e. The van der Waals surface area contributed by atoms with E-state index in [-0.39, 0.29) is 6.42 Å². The number of benzene rings is 1. The Morgan fingerprint density at radius 2 is 2.00 bits per heavy atom. The quantitative estimate of drug-likeness (QED) is 0.691. The lowest BCUT2D eigenvalue weighted by atomic mass is 9.95. The molecule has 1 aromatic rings. The van der Waals surface area contributed by atoms with E-state index < -0.39 is 12.2 Å². The van der Waals surface area contributed by atoms with Gasteiger partial charge in [-0.3, -0.25) is 0 Å². The molecule has 0 fully saturated rings. The summed E-state index contributed by atoms with van der Waals surface area (Å²) in [7, 11) is 0. The summed E-state index contributed by atoms with van der Waals surface area (Å²) in [5.74, 6) is 0.314. The topological polar surface area (TPSA) is 90.3 Å². The van der Waals surface area contributed by atoms with Crippen molar-refractivity contribution in [3.8, 4) is 6.07 Å². The molecule has 0 spiro atoms. The molecule has 4 N–H and O–H groups in total. The van der Waals surface area contributed by atoms with Crippen LogP contribution in [-0.4, -0.2) is 16.3 Å². The summed E-state index contributed by atoms with van der Waals surface area (Å²) in [4.78, 5) is 0. The van der Waals surface area contributed by atoms with Crippen molar-refractivity contribution in [3.05, 3.63) is 29.3 Å². The molecule has 4 nitrogen and oxygen atoms in total. The molecule has 2 unspecified atom stereocenters. The number of aliphatic hydroxyl groups excluding tert-OH is 2. The Morgan fingerprint density at radius 1 is 1.35 bits per heavy atom. The van der Waals surface area contributed by atoms with Crippen molar-refractivity contribution < 1.29 is 10.2 Å². The van der Waals surface area contributed by atoms with Crippen LogP contribution in [0.5, 0.6) is 0 Å². The van der Waals surface area contributed by atoms with Gasteiger partial charge in [0.05, 0.1) is 18.6 Å². The van der Waals surface area contributed by atoms with Crippen LogP contribution in [0, 0.1) is 11.3 Å². The Balaban J connectivity index is 3.04. The molecule has 2 atom stereocenters. The maximum atomic E-state index is 9.93. The zero-order valence-corrected chi connectivity index (χ0v) is 10.1. The van der Waals surface area contributed by atoms with Crippen molar-refractivity contribution in [1.29, 1.82) is 5.26 Å².